The molecule has 4 heteroatoms. The first-order chi connectivity index (χ1) is 18.2. The highest BCUT2D eigenvalue weighted by atomic mass is 19.1. The second kappa shape index (κ2) is 9.64. The first kappa shape index (κ1) is 23.1. The van der Waals surface area contributed by atoms with Gasteiger partial charge in [-0.3, -0.25) is 0 Å². The van der Waals surface area contributed by atoms with Crippen LogP contribution in [0.4, 0.5) is 4.39 Å². The predicted octanol–water partition coefficient (Wildman–Crippen LogP) is 7.26. The van der Waals surface area contributed by atoms with Crippen molar-refractivity contribution in [2.45, 2.75) is 18.6 Å². The van der Waals surface area contributed by atoms with Crippen LogP contribution in [0.15, 0.2) is 127 Å². The van der Waals surface area contributed by atoms with Gasteiger partial charge in [-0.1, -0.05) is 103 Å². The fraction of sp³-hybridized carbons (Fsp3) is 0.121. The SMILES string of the molecule is OCc1ccc2c(c1)c(-c1cccc(F)c1)nn2C(c1ccccc1)(c1ccccc1)C1C=CC=CC1. The molecule has 1 heterocycles. The average Bonchev–Trinajstić information content (AvgIpc) is 3.34. The molecule has 5 aromatic rings. The lowest BCUT2D eigenvalue weighted by Crippen LogP contribution is -2.44. The van der Waals surface area contributed by atoms with E-state index in [0.29, 0.717) is 11.3 Å². The van der Waals surface area contributed by atoms with Crippen molar-refractivity contribution in [3.8, 4) is 11.3 Å². The molecule has 0 aliphatic heterocycles. The summed E-state index contributed by atoms with van der Waals surface area (Å²) in [6.45, 7) is -0.0810. The zero-order valence-electron chi connectivity index (χ0n) is 20.3. The molecular formula is C33H27FN2O. The smallest absolute Gasteiger partial charge is 0.123 e. The van der Waals surface area contributed by atoms with E-state index in [9.17, 15) is 9.50 Å². The lowest BCUT2D eigenvalue weighted by Gasteiger charge is -2.42. The highest BCUT2D eigenvalue weighted by Gasteiger charge is 2.44. The number of fused-ring (bicyclic) bond motifs is 1. The van der Waals surface area contributed by atoms with Crippen LogP contribution in [0.1, 0.15) is 23.1 Å². The van der Waals surface area contributed by atoms with Crippen LogP contribution in [0.2, 0.25) is 0 Å². The molecule has 0 amide bonds. The molecule has 37 heavy (non-hydrogen) atoms. The summed E-state index contributed by atoms with van der Waals surface area (Å²) in [5.74, 6) is -0.237. The Bertz CT molecular complexity index is 1560. The Morgan fingerprint density at radius 2 is 1.57 bits per heavy atom. The number of aliphatic hydroxyl groups excluding tert-OH is 1. The standard InChI is InChI=1S/C33H27FN2O/c34-29-18-10-11-25(22-29)32-30-21-24(23-37)19-20-31(30)36(35-32)33(26-12-4-1-5-13-26,27-14-6-2-7-15-27)28-16-8-3-9-17-28/h1-16,18-22,28,37H,17,23H2. The summed E-state index contributed by atoms with van der Waals surface area (Å²) in [7, 11) is 0. The number of rotatable bonds is 6. The van der Waals surface area contributed by atoms with Crippen LogP contribution in [0.25, 0.3) is 22.2 Å². The molecule has 1 aliphatic carbocycles. The number of allylic oxidation sites excluding steroid dienone is 4. The van der Waals surface area contributed by atoms with Gasteiger partial charge in [0.1, 0.15) is 17.1 Å². The van der Waals surface area contributed by atoms with Gasteiger partial charge in [0.05, 0.1) is 12.1 Å². The number of halogens is 1. The second-order valence-electron chi connectivity index (χ2n) is 9.43. The first-order valence-electron chi connectivity index (χ1n) is 12.5. The molecule has 0 radical (unpaired) electrons. The number of hydrogen-bond acceptors (Lipinski definition) is 2. The zero-order valence-corrected chi connectivity index (χ0v) is 20.3. The minimum atomic E-state index is -0.672. The predicted molar refractivity (Wildman–Crippen MR) is 146 cm³/mol. The van der Waals surface area contributed by atoms with Crippen LogP contribution >= 0.6 is 0 Å². The van der Waals surface area contributed by atoms with E-state index in [0.717, 1.165) is 34.0 Å². The molecule has 0 saturated carbocycles. The van der Waals surface area contributed by atoms with E-state index >= 15 is 0 Å². The maximum absolute atomic E-state index is 14.4. The summed E-state index contributed by atoms with van der Waals surface area (Å²) < 4.78 is 16.5. The van der Waals surface area contributed by atoms with E-state index in [1.165, 1.54) is 12.1 Å². The summed E-state index contributed by atoms with van der Waals surface area (Å²) in [4.78, 5) is 0. The summed E-state index contributed by atoms with van der Waals surface area (Å²) >= 11 is 0. The van der Waals surface area contributed by atoms with E-state index in [1.54, 1.807) is 6.07 Å². The van der Waals surface area contributed by atoms with Gasteiger partial charge < -0.3 is 5.11 Å². The van der Waals surface area contributed by atoms with Crippen LogP contribution in [0.5, 0.6) is 0 Å². The van der Waals surface area contributed by atoms with Gasteiger partial charge in [0.25, 0.3) is 0 Å². The Hall–Kier alpha value is -4.28. The Morgan fingerprint density at radius 1 is 0.838 bits per heavy atom. The van der Waals surface area contributed by atoms with Gasteiger partial charge in [-0.05, 0) is 47.4 Å². The van der Waals surface area contributed by atoms with Crippen LogP contribution in [0.3, 0.4) is 0 Å². The molecule has 0 spiro atoms. The Labute approximate surface area is 215 Å². The Kier molecular flexibility index (Phi) is 6.03. The summed E-state index contributed by atoms with van der Waals surface area (Å²) in [6, 6.07) is 33.5. The minimum absolute atomic E-state index is 0.0725. The van der Waals surface area contributed by atoms with E-state index in [2.05, 4.69) is 77.5 Å². The van der Waals surface area contributed by atoms with Gasteiger partial charge in [-0.15, -0.1) is 0 Å². The van der Waals surface area contributed by atoms with Crippen molar-refractivity contribution in [3.05, 3.63) is 150 Å². The number of aliphatic hydroxyl groups is 1. The van der Waals surface area contributed by atoms with Crippen molar-refractivity contribution in [3.63, 3.8) is 0 Å². The molecule has 1 aliphatic rings. The average molecular weight is 487 g/mol. The topological polar surface area (TPSA) is 38.1 Å². The second-order valence-corrected chi connectivity index (χ2v) is 9.43. The number of benzene rings is 4. The van der Waals surface area contributed by atoms with Crippen molar-refractivity contribution < 1.29 is 9.50 Å². The maximum Gasteiger partial charge on any atom is 0.123 e. The molecule has 0 saturated heterocycles. The number of aromatic nitrogens is 2. The van der Waals surface area contributed by atoms with E-state index < -0.39 is 5.54 Å². The lowest BCUT2D eigenvalue weighted by molar-refractivity contribution is 0.282. The Balaban J connectivity index is 1.75. The molecule has 182 valence electrons. The highest BCUT2D eigenvalue weighted by Crippen LogP contribution is 2.46. The molecule has 6 rings (SSSR count). The molecule has 1 aromatic heterocycles. The zero-order chi connectivity index (χ0) is 25.2. The molecule has 0 fully saturated rings. The third kappa shape index (κ3) is 3.90. The number of nitrogens with zero attached hydrogens (tertiary/aromatic N) is 2. The van der Waals surface area contributed by atoms with Crippen molar-refractivity contribution in [2.75, 3.05) is 0 Å². The van der Waals surface area contributed by atoms with Crippen molar-refractivity contribution >= 4 is 10.9 Å². The van der Waals surface area contributed by atoms with Crippen LogP contribution < -0.4 is 0 Å². The molecule has 1 unspecified atom stereocenters. The fourth-order valence-corrected chi connectivity index (χ4v) is 5.65. The van der Waals surface area contributed by atoms with Crippen LogP contribution in [-0.4, -0.2) is 14.9 Å². The van der Waals surface area contributed by atoms with Gasteiger partial charge >= 0.3 is 0 Å². The summed E-state index contributed by atoms with van der Waals surface area (Å²) in [6.07, 6.45) is 9.50. The maximum atomic E-state index is 14.4. The van der Waals surface area contributed by atoms with Gasteiger partial charge in [-0.2, -0.15) is 5.10 Å². The fourth-order valence-electron chi connectivity index (χ4n) is 5.65. The van der Waals surface area contributed by atoms with Crippen LogP contribution in [0, 0.1) is 11.7 Å². The summed E-state index contributed by atoms with van der Waals surface area (Å²) in [5.41, 5.74) is 4.67. The minimum Gasteiger partial charge on any atom is -0.392 e. The quantitative estimate of drug-likeness (QED) is 0.274. The molecule has 1 N–H and O–H groups in total. The summed E-state index contributed by atoms with van der Waals surface area (Å²) in [5, 5.41) is 16.1. The Morgan fingerprint density at radius 3 is 2.19 bits per heavy atom. The third-order valence-electron chi connectivity index (χ3n) is 7.30. The van der Waals surface area contributed by atoms with Crippen molar-refractivity contribution in [1.29, 1.82) is 0 Å². The van der Waals surface area contributed by atoms with Gasteiger partial charge in [0.2, 0.25) is 0 Å². The first-order valence-corrected chi connectivity index (χ1v) is 12.5. The largest absolute Gasteiger partial charge is 0.392 e. The van der Waals surface area contributed by atoms with Crippen LogP contribution in [-0.2, 0) is 12.1 Å². The molecule has 1 atom stereocenters. The van der Waals surface area contributed by atoms with Gasteiger partial charge in [0, 0.05) is 16.9 Å². The van der Waals surface area contributed by atoms with E-state index in [1.807, 2.05) is 36.4 Å². The molecule has 3 nitrogen and oxygen atoms in total. The normalized spacial score (nSPS) is 15.4. The van der Waals surface area contributed by atoms with Gasteiger partial charge in [0.15, 0.2) is 0 Å². The van der Waals surface area contributed by atoms with Crippen molar-refractivity contribution in [1.82, 2.24) is 9.78 Å². The molecule has 0 bridgehead atoms. The van der Waals surface area contributed by atoms with Crippen molar-refractivity contribution in [2.24, 2.45) is 5.92 Å². The third-order valence-corrected chi connectivity index (χ3v) is 7.30. The highest BCUT2D eigenvalue weighted by molar-refractivity contribution is 5.94. The monoisotopic (exact) mass is 486 g/mol. The van der Waals surface area contributed by atoms with E-state index in [-0.39, 0.29) is 18.3 Å². The molecular weight excluding hydrogens is 459 g/mol. The van der Waals surface area contributed by atoms with Gasteiger partial charge in [-0.25, -0.2) is 9.07 Å². The molecule has 4 aromatic carbocycles. The van der Waals surface area contributed by atoms with E-state index in [4.69, 9.17) is 5.10 Å². The lowest BCUT2D eigenvalue weighted by atomic mass is 9.70. The number of hydrogen-bond donors (Lipinski definition) is 1.